The molecule has 0 saturated heterocycles. The van der Waals surface area contributed by atoms with E-state index in [1.807, 2.05) is 30.3 Å². The van der Waals surface area contributed by atoms with Crippen molar-refractivity contribution in [2.24, 2.45) is 0 Å². The van der Waals surface area contributed by atoms with Crippen LogP contribution in [-0.2, 0) is 0 Å². The molecule has 0 atom stereocenters. The van der Waals surface area contributed by atoms with Gasteiger partial charge >= 0.3 is 0 Å². The van der Waals surface area contributed by atoms with Crippen molar-refractivity contribution in [2.75, 3.05) is 0 Å². The maximum Gasteiger partial charge on any atom is 0.194 e. The van der Waals surface area contributed by atoms with Crippen molar-refractivity contribution in [3.05, 3.63) is 65.1 Å². The van der Waals surface area contributed by atoms with Crippen molar-refractivity contribution in [3.63, 3.8) is 0 Å². The molecule has 0 N–H and O–H groups in total. The lowest BCUT2D eigenvalue weighted by Crippen LogP contribution is -2.00. The maximum absolute atomic E-state index is 11.9. The van der Waals surface area contributed by atoms with E-state index in [4.69, 9.17) is 4.42 Å². The molecule has 2 aromatic heterocycles. The highest BCUT2D eigenvalue weighted by Gasteiger charge is 2.05. The van der Waals surface area contributed by atoms with Gasteiger partial charge < -0.3 is 4.42 Å². The molecule has 3 heteroatoms. The van der Waals surface area contributed by atoms with E-state index in [2.05, 4.69) is 4.98 Å². The van der Waals surface area contributed by atoms with Gasteiger partial charge in [0.1, 0.15) is 11.3 Å². The molecular formula is C14H9NO2. The number of nitrogens with zero attached hydrogens (tertiary/aromatic N) is 1. The first-order chi connectivity index (χ1) is 8.34. The van der Waals surface area contributed by atoms with Gasteiger partial charge in [-0.15, -0.1) is 0 Å². The van der Waals surface area contributed by atoms with E-state index in [0.717, 1.165) is 5.56 Å². The summed E-state index contributed by atoms with van der Waals surface area (Å²) in [6, 6.07) is 12.8. The minimum atomic E-state index is -0.0711. The van der Waals surface area contributed by atoms with Gasteiger partial charge in [-0.3, -0.25) is 9.78 Å². The maximum atomic E-state index is 11.9. The highest BCUT2D eigenvalue weighted by Crippen LogP contribution is 2.20. The van der Waals surface area contributed by atoms with Gasteiger partial charge in [-0.2, -0.15) is 0 Å². The third kappa shape index (κ3) is 1.72. The third-order valence-corrected chi connectivity index (χ3v) is 2.59. The van der Waals surface area contributed by atoms with E-state index in [-0.39, 0.29) is 5.43 Å². The van der Waals surface area contributed by atoms with Crippen LogP contribution in [0.1, 0.15) is 0 Å². The molecule has 0 bridgehead atoms. The van der Waals surface area contributed by atoms with E-state index >= 15 is 0 Å². The Morgan fingerprint density at radius 3 is 2.71 bits per heavy atom. The van der Waals surface area contributed by atoms with Gasteiger partial charge in [0.25, 0.3) is 0 Å². The Labute approximate surface area is 97.4 Å². The molecule has 3 rings (SSSR count). The second kappa shape index (κ2) is 3.87. The Hall–Kier alpha value is -2.42. The SMILES string of the molecule is O=c1cc(-c2ccccc2)oc2ccncc12. The molecule has 82 valence electrons. The lowest BCUT2D eigenvalue weighted by molar-refractivity contribution is 0.618. The lowest BCUT2D eigenvalue weighted by atomic mass is 10.1. The van der Waals surface area contributed by atoms with Crippen LogP contribution in [0, 0.1) is 0 Å². The summed E-state index contributed by atoms with van der Waals surface area (Å²) in [5.41, 5.74) is 1.38. The van der Waals surface area contributed by atoms with Crippen molar-refractivity contribution in [1.29, 1.82) is 0 Å². The summed E-state index contributed by atoms with van der Waals surface area (Å²) in [7, 11) is 0. The molecule has 0 spiro atoms. The molecule has 3 aromatic rings. The molecule has 0 aliphatic heterocycles. The molecule has 0 amide bonds. The zero-order valence-corrected chi connectivity index (χ0v) is 8.96. The van der Waals surface area contributed by atoms with Crippen molar-refractivity contribution in [1.82, 2.24) is 4.98 Å². The predicted molar refractivity (Wildman–Crippen MR) is 65.7 cm³/mol. The Balaban J connectivity index is 2.30. The molecule has 0 unspecified atom stereocenters. The second-order valence-corrected chi connectivity index (χ2v) is 3.71. The van der Waals surface area contributed by atoms with Crippen molar-refractivity contribution < 1.29 is 4.42 Å². The first-order valence-corrected chi connectivity index (χ1v) is 5.28. The standard InChI is InChI=1S/C14H9NO2/c16-12-8-14(10-4-2-1-3-5-10)17-13-6-7-15-9-11(12)13/h1-9H. The molecule has 0 radical (unpaired) electrons. The second-order valence-electron chi connectivity index (χ2n) is 3.71. The van der Waals surface area contributed by atoms with Gasteiger partial charge in [0.2, 0.25) is 0 Å². The normalized spacial score (nSPS) is 10.6. The van der Waals surface area contributed by atoms with Crippen LogP contribution in [0.3, 0.4) is 0 Å². The fourth-order valence-corrected chi connectivity index (χ4v) is 1.75. The number of hydrogen-bond donors (Lipinski definition) is 0. The van der Waals surface area contributed by atoms with Gasteiger partial charge in [0, 0.05) is 24.0 Å². The number of benzene rings is 1. The number of rotatable bonds is 1. The average Bonchev–Trinajstić information content (AvgIpc) is 2.40. The number of hydrogen-bond acceptors (Lipinski definition) is 3. The van der Waals surface area contributed by atoms with Crippen molar-refractivity contribution in [2.45, 2.75) is 0 Å². The molecule has 0 aliphatic rings. The van der Waals surface area contributed by atoms with Crippen LogP contribution < -0.4 is 5.43 Å². The summed E-state index contributed by atoms with van der Waals surface area (Å²) in [5.74, 6) is 0.578. The summed E-state index contributed by atoms with van der Waals surface area (Å²) in [5, 5.41) is 0.507. The topological polar surface area (TPSA) is 43.1 Å². The van der Waals surface area contributed by atoms with Crippen LogP contribution in [0.4, 0.5) is 0 Å². The van der Waals surface area contributed by atoms with E-state index in [9.17, 15) is 4.79 Å². The van der Waals surface area contributed by atoms with Crippen LogP contribution in [0.15, 0.2) is 64.1 Å². The van der Waals surface area contributed by atoms with Gasteiger partial charge in [-0.05, 0) is 6.07 Å². The van der Waals surface area contributed by atoms with Crippen molar-refractivity contribution in [3.8, 4) is 11.3 Å². The predicted octanol–water partition coefficient (Wildman–Crippen LogP) is 2.86. The molecule has 0 fully saturated rings. The third-order valence-electron chi connectivity index (χ3n) is 2.59. The first kappa shape index (κ1) is 9.78. The molecule has 17 heavy (non-hydrogen) atoms. The Morgan fingerprint density at radius 1 is 1.06 bits per heavy atom. The minimum absolute atomic E-state index is 0.0711. The smallest absolute Gasteiger partial charge is 0.194 e. The Kier molecular flexibility index (Phi) is 2.22. The zero-order chi connectivity index (χ0) is 11.7. The highest BCUT2D eigenvalue weighted by molar-refractivity contribution is 5.77. The summed E-state index contributed by atoms with van der Waals surface area (Å²) < 4.78 is 5.69. The van der Waals surface area contributed by atoms with Gasteiger partial charge in [0.15, 0.2) is 5.43 Å². The highest BCUT2D eigenvalue weighted by atomic mass is 16.3. The summed E-state index contributed by atoms with van der Waals surface area (Å²) >= 11 is 0. The van der Waals surface area contributed by atoms with E-state index < -0.39 is 0 Å². The van der Waals surface area contributed by atoms with Crippen LogP contribution in [0.25, 0.3) is 22.3 Å². The average molecular weight is 223 g/mol. The molecule has 1 aromatic carbocycles. The monoisotopic (exact) mass is 223 g/mol. The zero-order valence-electron chi connectivity index (χ0n) is 8.96. The van der Waals surface area contributed by atoms with Crippen LogP contribution in [-0.4, -0.2) is 4.98 Å². The first-order valence-electron chi connectivity index (χ1n) is 5.28. The van der Waals surface area contributed by atoms with Crippen LogP contribution in [0.5, 0.6) is 0 Å². The Morgan fingerprint density at radius 2 is 1.88 bits per heavy atom. The molecule has 0 aliphatic carbocycles. The molecule has 3 nitrogen and oxygen atoms in total. The fourth-order valence-electron chi connectivity index (χ4n) is 1.75. The van der Waals surface area contributed by atoms with Gasteiger partial charge in [-0.1, -0.05) is 30.3 Å². The van der Waals surface area contributed by atoms with Crippen LogP contribution >= 0.6 is 0 Å². The lowest BCUT2D eigenvalue weighted by Gasteiger charge is -2.01. The van der Waals surface area contributed by atoms with E-state index in [0.29, 0.717) is 16.7 Å². The van der Waals surface area contributed by atoms with Gasteiger partial charge in [-0.25, -0.2) is 0 Å². The number of pyridine rings is 1. The molecular weight excluding hydrogens is 214 g/mol. The van der Waals surface area contributed by atoms with E-state index in [1.165, 1.54) is 12.3 Å². The fraction of sp³-hybridized carbons (Fsp3) is 0. The van der Waals surface area contributed by atoms with Gasteiger partial charge in [0.05, 0.1) is 5.39 Å². The number of fused-ring (bicyclic) bond motifs is 1. The minimum Gasteiger partial charge on any atom is -0.456 e. The molecule has 0 saturated carbocycles. The largest absolute Gasteiger partial charge is 0.456 e. The quantitative estimate of drug-likeness (QED) is 0.637. The summed E-state index contributed by atoms with van der Waals surface area (Å²) in [6.45, 7) is 0. The van der Waals surface area contributed by atoms with Crippen LogP contribution in [0.2, 0.25) is 0 Å². The Bertz CT molecular complexity index is 717. The summed E-state index contributed by atoms with van der Waals surface area (Å²) in [4.78, 5) is 15.8. The summed E-state index contributed by atoms with van der Waals surface area (Å²) in [6.07, 6.45) is 3.13. The van der Waals surface area contributed by atoms with E-state index in [1.54, 1.807) is 12.3 Å². The molecule has 2 heterocycles. The van der Waals surface area contributed by atoms with Crippen molar-refractivity contribution >= 4 is 11.0 Å². The number of aromatic nitrogens is 1.